The van der Waals surface area contributed by atoms with Gasteiger partial charge in [0.05, 0.1) is 20.8 Å². The molecule has 5 heteroatoms. The van der Waals surface area contributed by atoms with E-state index in [0.29, 0.717) is 36.5 Å². The quantitative estimate of drug-likeness (QED) is 0.715. The average molecular weight is 270 g/mol. The minimum atomic E-state index is -0.360. The highest BCUT2D eigenvalue weighted by atomic mass is 19.1. The van der Waals surface area contributed by atoms with Crippen molar-refractivity contribution in [2.75, 3.05) is 20.8 Å². The van der Waals surface area contributed by atoms with Crippen molar-refractivity contribution in [3.63, 3.8) is 0 Å². The number of esters is 1. The van der Waals surface area contributed by atoms with Crippen LogP contribution >= 0.6 is 0 Å². The number of methoxy groups -OCH3 is 2. The van der Waals surface area contributed by atoms with E-state index in [0.717, 1.165) is 0 Å². The third kappa shape index (κ3) is 4.43. The third-order valence-electron chi connectivity index (χ3n) is 2.68. The summed E-state index contributed by atoms with van der Waals surface area (Å²) in [6, 6.07) is 2.89. The lowest BCUT2D eigenvalue weighted by molar-refractivity contribution is -0.143. The third-order valence-corrected chi connectivity index (χ3v) is 2.68. The van der Waals surface area contributed by atoms with Crippen LogP contribution in [0.3, 0.4) is 0 Å². The second-order valence-electron chi connectivity index (χ2n) is 3.96. The van der Waals surface area contributed by atoms with E-state index in [4.69, 9.17) is 14.2 Å². The van der Waals surface area contributed by atoms with Crippen LogP contribution in [0.2, 0.25) is 0 Å². The fourth-order valence-electron chi connectivity index (χ4n) is 1.74. The summed E-state index contributed by atoms with van der Waals surface area (Å²) in [4.78, 5) is 11.2. The van der Waals surface area contributed by atoms with Gasteiger partial charge in [-0.15, -0.1) is 0 Å². The molecule has 0 N–H and O–H groups in total. The monoisotopic (exact) mass is 270 g/mol. The van der Waals surface area contributed by atoms with Crippen molar-refractivity contribution in [1.29, 1.82) is 0 Å². The van der Waals surface area contributed by atoms with Crippen molar-refractivity contribution in [2.45, 2.75) is 26.2 Å². The Morgan fingerprint density at radius 2 is 1.84 bits per heavy atom. The molecule has 0 bridgehead atoms. The smallest absolute Gasteiger partial charge is 0.305 e. The van der Waals surface area contributed by atoms with E-state index in [9.17, 15) is 9.18 Å². The minimum absolute atomic E-state index is 0.261. The lowest BCUT2D eigenvalue weighted by Crippen LogP contribution is -2.04. The lowest BCUT2D eigenvalue weighted by atomic mass is 10.1. The minimum Gasteiger partial charge on any atom is -0.493 e. The van der Waals surface area contributed by atoms with Gasteiger partial charge in [0.25, 0.3) is 0 Å². The Morgan fingerprint density at radius 1 is 1.21 bits per heavy atom. The standard InChI is InChI=1S/C14H19FO4/c1-4-19-14(16)7-5-6-10-8-12(17-2)13(18-3)9-11(10)15/h8-9H,4-7H2,1-3H3. The van der Waals surface area contributed by atoms with E-state index < -0.39 is 0 Å². The Hall–Kier alpha value is -1.78. The highest BCUT2D eigenvalue weighted by molar-refractivity contribution is 5.69. The van der Waals surface area contributed by atoms with Crippen molar-refractivity contribution < 1.29 is 23.4 Å². The molecule has 0 unspecified atom stereocenters. The first kappa shape index (κ1) is 15.3. The number of carbonyl (C=O) groups is 1. The van der Waals surface area contributed by atoms with Gasteiger partial charge >= 0.3 is 5.97 Å². The largest absolute Gasteiger partial charge is 0.493 e. The first-order valence-electron chi connectivity index (χ1n) is 6.18. The van der Waals surface area contributed by atoms with E-state index in [-0.39, 0.29) is 18.2 Å². The maximum Gasteiger partial charge on any atom is 0.305 e. The molecule has 19 heavy (non-hydrogen) atoms. The molecule has 0 aliphatic heterocycles. The molecule has 0 aliphatic carbocycles. The van der Waals surface area contributed by atoms with Gasteiger partial charge in [-0.25, -0.2) is 4.39 Å². The van der Waals surface area contributed by atoms with Crippen molar-refractivity contribution >= 4 is 5.97 Å². The maximum atomic E-state index is 13.8. The number of hydrogen-bond donors (Lipinski definition) is 0. The first-order valence-corrected chi connectivity index (χ1v) is 6.18. The van der Waals surface area contributed by atoms with Crippen LogP contribution in [0.1, 0.15) is 25.3 Å². The van der Waals surface area contributed by atoms with Crippen LogP contribution in [-0.4, -0.2) is 26.8 Å². The number of ether oxygens (including phenoxy) is 3. The zero-order chi connectivity index (χ0) is 14.3. The summed E-state index contributed by atoms with van der Waals surface area (Å²) < 4.78 is 28.7. The summed E-state index contributed by atoms with van der Waals surface area (Å²) in [5.74, 6) is 0.217. The molecule has 0 saturated carbocycles. The molecule has 1 aromatic rings. The van der Waals surface area contributed by atoms with Crippen LogP contribution in [0.4, 0.5) is 4.39 Å². The van der Waals surface area contributed by atoms with Gasteiger partial charge in [-0.2, -0.15) is 0 Å². The SMILES string of the molecule is CCOC(=O)CCCc1cc(OC)c(OC)cc1F. The summed E-state index contributed by atoms with van der Waals surface area (Å²) in [5, 5.41) is 0. The number of benzene rings is 1. The van der Waals surface area contributed by atoms with Crippen molar-refractivity contribution in [3.05, 3.63) is 23.5 Å². The number of rotatable bonds is 7. The summed E-state index contributed by atoms with van der Waals surface area (Å²) in [5.41, 5.74) is 0.502. The van der Waals surface area contributed by atoms with Crippen LogP contribution in [0.15, 0.2) is 12.1 Å². The van der Waals surface area contributed by atoms with E-state index >= 15 is 0 Å². The van der Waals surface area contributed by atoms with Crippen molar-refractivity contribution in [3.8, 4) is 11.5 Å². The number of halogens is 1. The molecule has 1 aromatic carbocycles. The molecule has 0 aromatic heterocycles. The number of carbonyl (C=O) groups excluding carboxylic acids is 1. The summed E-state index contributed by atoms with van der Waals surface area (Å²) >= 11 is 0. The Kier molecular flexibility index (Phi) is 6.12. The molecule has 0 spiro atoms. The van der Waals surface area contributed by atoms with Gasteiger partial charge in [-0.05, 0) is 31.4 Å². The maximum absolute atomic E-state index is 13.8. The highest BCUT2D eigenvalue weighted by Crippen LogP contribution is 2.30. The van der Waals surface area contributed by atoms with Gasteiger partial charge in [0, 0.05) is 12.5 Å². The van der Waals surface area contributed by atoms with Gasteiger partial charge in [0.2, 0.25) is 0 Å². The van der Waals surface area contributed by atoms with E-state index in [1.807, 2.05) is 0 Å². The number of hydrogen-bond acceptors (Lipinski definition) is 4. The van der Waals surface area contributed by atoms with E-state index in [1.165, 1.54) is 20.3 Å². The second-order valence-corrected chi connectivity index (χ2v) is 3.96. The fraction of sp³-hybridized carbons (Fsp3) is 0.500. The second kappa shape index (κ2) is 7.61. The lowest BCUT2D eigenvalue weighted by Gasteiger charge is -2.10. The van der Waals surface area contributed by atoms with Crippen LogP contribution in [0.5, 0.6) is 11.5 Å². The van der Waals surface area contributed by atoms with Gasteiger partial charge in [0.1, 0.15) is 5.82 Å². The molecule has 0 fully saturated rings. The first-order chi connectivity index (χ1) is 9.12. The van der Waals surface area contributed by atoms with Crippen LogP contribution < -0.4 is 9.47 Å². The molecular formula is C14H19FO4. The highest BCUT2D eigenvalue weighted by Gasteiger charge is 2.11. The molecule has 0 saturated heterocycles. The van der Waals surface area contributed by atoms with Crippen LogP contribution in [0.25, 0.3) is 0 Å². The molecule has 0 amide bonds. The van der Waals surface area contributed by atoms with Gasteiger partial charge < -0.3 is 14.2 Å². The van der Waals surface area contributed by atoms with Crippen LogP contribution in [-0.2, 0) is 16.0 Å². The Balaban J connectivity index is 2.65. The summed E-state index contributed by atoms with van der Waals surface area (Å²) in [6.07, 6.45) is 1.26. The van der Waals surface area contributed by atoms with Crippen molar-refractivity contribution in [1.82, 2.24) is 0 Å². The molecule has 0 heterocycles. The van der Waals surface area contributed by atoms with Gasteiger partial charge in [-0.3, -0.25) is 4.79 Å². The van der Waals surface area contributed by atoms with Crippen molar-refractivity contribution in [2.24, 2.45) is 0 Å². The van der Waals surface area contributed by atoms with Crippen LogP contribution in [0, 0.1) is 5.82 Å². The Bertz CT molecular complexity index is 432. The molecule has 106 valence electrons. The molecule has 0 radical (unpaired) electrons. The molecule has 4 nitrogen and oxygen atoms in total. The topological polar surface area (TPSA) is 44.8 Å². The Labute approximate surface area is 112 Å². The molecular weight excluding hydrogens is 251 g/mol. The zero-order valence-electron chi connectivity index (χ0n) is 11.5. The van der Waals surface area contributed by atoms with E-state index in [1.54, 1.807) is 13.0 Å². The van der Waals surface area contributed by atoms with Gasteiger partial charge in [0.15, 0.2) is 11.5 Å². The predicted molar refractivity (Wildman–Crippen MR) is 69.1 cm³/mol. The predicted octanol–water partition coefficient (Wildman–Crippen LogP) is 2.73. The zero-order valence-corrected chi connectivity index (χ0v) is 11.5. The normalized spacial score (nSPS) is 10.1. The van der Waals surface area contributed by atoms with E-state index in [2.05, 4.69) is 0 Å². The Morgan fingerprint density at radius 3 is 2.42 bits per heavy atom. The molecule has 1 rings (SSSR count). The molecule has 0 atom stereocenters. The fourth-order valence-corrected chi connectivity index (χ4v) is 1.74. The van der Waals surface area contributed by atoms with Gasteiger partial charge in [-0.1, -0.05) is 0 Å². The average Bonchev–Trinajstić information content (AvgIpc) is 2.40. The summed E-state index contributed by atoms with van der Waals surface area (Å²) in [7, 11) is 2.95. The molecule has 0 aliphatic rings. The summed E-state index contributed by atoms with van der Waals surface area (Å²) in [6.45, 7) is 2.12. The number of aryl methyl sites for hydroxylation is 1.